The van der Waals surface area contributed by atoms with Crippen molar-refractivity contribution in [1.82, 2.24) is 20.8 Å². The highest BCUT2D eigenvalue weighted by atomic mass is 16.5. The summed E-state index contributed by atoms with van der Waals surface area (Å²) in [6.07, 6.45) is 5.00. The van der Waals surface area contributed by atoms with E-state index in [0.717, 1.165) is 24.2 Å². The monoisotopic (exact) mass is 437 g/mol. The number of benzene rings is 1. The van der Waals surface area contributed by atoms with Gasteiger partial charge in [0, 0.05) is 42.9 Å². The number of anilines is 1. The van der Waals surface area contributed by atoms with Crippen LogP contribution < -0.4 is 15.5 Å². The molecular weight excluding hydrogens is 406 g/mol. The van der Waals surface area contributed by atoms with Crippen molar-refractivity contribution in [3.63, 3.8) is 0 Å². The summed E-state index contributed by atoms with van der Waals surface area (Å²) in [6.45, 7) is 5.86. The number of fused-ring (bicyclic) bond motifs is 2. The molecule has 1 unspecified atom stereocenters. The van der Waals surface area contributed by atoms with E-state index in [2.05, 4.69) is 46.6 Å². The average molecular weight is 438 g/mol. The molecule has 0 radical (unpaired) electrons. The van der Waals surface area contributed by atoms with Crippen LogP contribution in [0.1, 0.15) is 32.3 Å². The average Bonchev–Trinajstić information content (AvgIpc) is 2.75. The van der Waals surface area contributed by atoms with Crippen LogP contribution in [0.25, 0.3) is 17.3 Å². The van der Waals surface area contributed by atoms with E-state index >= 15 is 0 Å². The van der Waals surface area contributed by atoms with Crippen molar-refractivity contribution in [2.24, 2.45) is 0 Å². The molecule has 3 N–H and O–H groups in total. The third kappa shape index (κ3) is 4.61. The fraction of sp³-hybridized carbons (Fsp3) is 0.458. The Morgan fingerprint density at radius 2 is 1.94 bits per heavy atom. The van der Waals surface area contributed by atoms with Crippen molar-refractivity contribution in [1.29, 1.82) is 0 Å². The van der Waals surface area contributed by atoms with Crippen molar-refractivity contribution < 1.29 is 14.6 Å². The second-order valence-electron chi connectivity index (χ2n) is 9.41. The Kier molecular flexibility index (Phi) is 5.92. The number of amides is 1. The number of likely N-dealkylation sites (N-methyl/N-ethyl adjacent to an activating group) is 1. The second kappa shape index (κ2) is 8.52. The fourth-order valence-corrected chi connectivity index (χ4v) is 4.88. The molecule has 2 aliphatic rings. The molecule has 2 aliphatic heterocycles. The highest BCUT2D eigenvalue weighted by Gasteiger charge is 2.47. The summed E-state index contributed by atoms with van der Waals surface area (Å²) in [6, 6.07) is 9.36. The van der Waals surface area contributed by atoms with Gasteiger partial charge in [0.15, 0.2) is 5.82 Å². The van der Waals surface area contributed by atoms with Crippen molar-refractivity contribution in [2.75, 3.05) is 32.2 Å². The number of phenolic OH excluding ortho intramolecular Hbond substituents is 1. The van der Waals surface area contributed by atoms with E-state index in [1.165, 1.54) is 6.08 Å². The molecule has 1 aromatic heterocycles. The van der Waals surface area contributed by atoms with Gasteiger partial charge in [-0.15, -0.1) is 10.2 Å². The normalized spacial score (nSPS) is 27.3. The molecule has 0 aliphatic carbocycles. The van der Waals surface area contributed by atoms with Gasteiger partial charge in [0.25, 0.3) is 0 Å². The van der Waals surface area contributed by atoms with Gasteiger partial charge in [-0.1, -0.05) is 6.07 Å². The first-order valence-electron chi connectivity index (χ1n) is 10.9. The lowest BCUT2D eigenvalue weighted by molar-refractivity contribution is -0.115. The summed E-state index contributed by atoms with van der Waals surface area (Å²) in [5, 5.41) is 25.6. The fourth-order valence-electron chi connectivity index (χ4n) is 4.88. The van der Waals surface area contributed by atoms with Crippen LogP contribution in [0.15, 0.2) is 36.4 Å². The second-order valence-corrected chi connectivity index (χ2v) is 9.41. The van der Waals surface area contributed by atoms with Gasteiger partial charge < -0.3 is 25.4 Å². The predicted octanol–water partition coefficient (Wildman–Crippen LogP) is 2.34. The van der Waals surface area contributed by atoms with E-state index in [-0.39, 0.29) is 22.7 Å². The van der Waals surface area contributed by atoms with Crippen LogP contribution in [0.2, 0.25) is 0 Å². The molecular formula is C24H31N5O3. The maximum Gasteiger partial charge on any atom is 0.243 e. The van der Waals surface area contributed by atoms with Crippen LogP contribution in [0.4, 0.5) is 5.82 Å². The minimum absolute atomic E-state index is 0.0443. The quantitative estimate of drug-likeness (QED) is 0.618. The molecule has 1 aromatic carbocycles. The molecule has 2 bridgehead atoms. The van der Waals surface area contributed by atoms with E-state index in [4.69, 9.17) is 4.74 Å². The van der Waals surface area contributed by atoms with Gasteiger partial charge in [0.2, 0.25) is 5.91 Å². The summed E-state index contributed by atoms with van der Waals surface area (Å²) < 4.78 is 5.84. The van der Waals surface area contributed by atoms with Crippen LogP contribution in [-0.4, -0.2) is 65.6 Å². The number of phenols is 1. The number of rotatable bonds is 5. The molecule has 4 rings (SSSR count). The predicted molar refractivity (Wildman–Crippen MR) is 124 cm³/mol. The molecule has 3 atom stereocenters. The number of morpholine rings is 1. The first-order chi connectivity index (χ1) is 15.2. The first-order valence-corrected chi connectivity index (χ1v) is 10.9. The van der Waals surface area contributed by atoms with Crippen LogP contribution >= 0.6 is 0 Å². The standard InChI is InChI=1S/C24H31N5O3/c1-23-12-17(13-24(2,28-23)15-32-14-23)29(4)21-9-8-19(26-27-21)18-7-5-16(11-20(18)30)6-10-22(31)25-3/h5-11,17,28,30H,12-15H2,1-4H3,(H,25,31)/b10-6+/t17?,23-,24+. The zero-order valence-corrected chi connectivity index (χ0v) is 19.1. The minimum atomic E-state index is -0.202. The Balaban J connectivity index is 1.50. The summed E-state index contributed by atoms with van der Waals surface area (Å²) in [5.41, 5.74) is 1.82. The molecule has 2 fully saturated rings. The number of hydrogen-bond acceptors (Lipinski definition) is 7. The number of hydrogen-bond donors (Lipinski definition) is 3. The number of piperidine rings is 1. The Bertz CT molecular complexity index is 1010. The van der Waals surface area contributed by atoms with Crippen LogP contribution in [0, 0.1) is 0 Å². The zero-order valence-electron chi connectivity index (χ0n) is 19.1. The molecule has 2 aromatic rings. The van der Waals surface area contributed by atoms with Crippen LogP contribution in [0.5, 0.6) is 5.75 Å². The number of carbonyl (C=O) groups excluding carboxylic acids is 1. The zero-order chi connectivity index (χ0) is 22.9. The van der Waals surface area contributed by atoms with Crippen molar-refractivity contribution in [3.8, 4) is 17.0 Å². The van der Waals surface area contributed by atoms with Gasteiger partial charge in [0.1, 0.15) is 5.75 Å². The third-order valence-electron chi connectivity index (χ3n) is 6.35. The number of ether oxygens (including phenoxy) is 1. The van der Waals surface area contributed by atoms with Gasteiger partial charge in [0.05, 0.1) is 18.9 Å². The van der Waals surface area contributed by atoms with E-state index in [9.17, 15) is 9.90 Å². The van der Waals surface area contributed by atoms with E-state index in [1.54, 1.807) is 25.3 Å². The Morgan fingerprint density at radius 1 is 1.22 bits per heavy atom. The lowest BCUT2D eigenvalue weighted by Gasteiger charge is -2.54. The van der Waals surface area contributed by atoms with Gasteiger partial charge in [-0.3, -0.25) is 4.79 Å². The van der Waals surface area contributed by atoms with Crippen molar-refractivity contribution >= 4 is 17.8 Å². The molecule has 1 amide bonds. The van der Waals surface area contributed by atoms with Crippen LogP contribution in [0.3, 0.4) is 0 Å². The Hall–Kier alpha value is -2.97. The number of nitrogens with one attached hydrogen (secondary N) is 2. The maximum absolute atomic E-state index is 11.4. The van der Waals surface area contributed by atoms with Crippen LogP contribution in [-0.2, 0) is 9.53 Å². The molecule has 0 spiro atoms. The Morgan fingerprint density at radius 3 is 2.53 bits per heavy atom. The summed E-state index contributed by atoms with van der Waals surface area (Å²) in [4.78, 5) is 13.6. The molecule has 8 nitrogen and oxygen atoms in total. The van der Waals surface area contributed by atoms with Gasteiger partial charge in [-0.25, -0.2) is 0 Å². The number of aromatic nitrogens is 2. The largest absolute Gasteiger partial charge is 0.507 e. The molecule has 32 heavy (non-hydrogen) atoms. The topological polar surface area (TPSA) is 99.6 Å². The smallest absolute Gasteiger partial charge is 0.243 e. The number of nitrogens with zero attached hydrogens (tertiary/aromatic N) is 3. The Labute approximate surface area is 188 Å². The highest BCUT2D eigenvalue weighted by molar-refractivity contribution is 5.91. The van der Waals surface area contributed by atoms with Crippen molar-refractivity contribution in [3.05, 3.63) is 42.0 Å². The lowest BCUT2D eigenvalue weighted by atomic mass is 9.76. The third-order valence-corrected chi connectivity index (χ3v) is 6.35. The molecule has 3 heterocycles. The minimum Gasteiger partial charge on any atom is -0.507 e. The molecule has 0 saturated carbocycles. The maximum atomic E-state index is 11.4. The summed E-state index contributed by atoms with van der Waals surface area (Å²) >= 11 is 0. The van der Waals surface area contributed by atoms with E-state index in [0.29, 0.717) is 30.5 Å². The first kappa shape index (κ1) is 22.2. The lowest BCUT2D eigenvalue weighted by Crippen LogP contribution is -2.70. The van der Waals surface area contributed by atoms with Gasteiger partial charge in [-0.05, 0) is 62.6 Å². The SMILES string of the molecule is CNC(=O)/C=C/c1ccc(-c2ccc(N(C)C3C[C@]4(C)COC[C@](C)(C3)N4)nn2)c(O)c1. The number of carbonyl (C=O) groups is 1. The summed E-state index contributed by atoms with van der Waals surface area (Å²) in [7, 11) is 3.63. The molecule has 8 heteroatoms. The summed E-state index contributed by atoms with van der Waals surface area (Å²) in [5.74, 6) is 0.690. The van der Waals surface area contributed by atoms with Gasteiger partial charge in [-0.2, -0.15) is 0 Å². The van der Waals surface area contributed by atoms with E-state index < -0.39 is 0 Å². The molecule has 2 saturated heterocycles. The van der Waals surface area contributed by atoms with Gasteiger partial charge >= 0.3 is 0 Å². The molecule has 170 valence electrons. The highest BCUT2D eigenvalue weighted by Crippen LogP contribution is 2.36. The number of aromatic hydroxyl groups is 1. The van der Waals surface area contributed by atoms with E-state index in [1.807, 2.05) is 18.2 Å². The van der Waals surface area contributed by atoms with Crippen molar-refractivity contribution in [2.45, 2.75) is 43.8 Å².